The smallest absolute Gasteiger partial charge is 0.339 e. The van der Waals surface area contributed by atoms with Gasteiger partial charge in [-0.3, -0.25) is 10.1 Å². The van der Waals surface area contributed by atoms with E-state index in [9.17, 15) is 22.8 Å². The first-order chi connectivity index (χ1) is 19.1. The molecule has 0 saturated heterocycles. The highest BCUT2D eigenvalue weighted by Gasteiger charge is 2.25. The number of benzene rings is 1. The van der Waals surface area contributed by atoms with Crippen LogP contribution in [-0.2, 0) is 20.2 Å². The number of hydrogen-bond donors (Lipinski definition) is 3. The van der Waals surface area contributed by atoms with Crippen LogP contribution < -0.4 is 26.2 Å². The van der Waals surface area contributed by atoms with E-state index in [2.05, 4.69) is 25.5 Å². The number of sulfonamides is 1. The predicted molar refractivity (Wildman–Crippen MR) is 152 cm³/mol. The number of ether oxygens (including phenoxy) is 2. The number of nitrogens with two attached hydrogens (primary N) is 1. The Morgan fingerprint density at radius 3 is 2.41 bits per heavy atom. The molecule has 0 radical (unpaired) electrons. The third kappa shape index (κ3) is 9.02. The highest BCUT2D eigenvalue weighted by molar-refractivity contribution is 7.98. The number of nitrogens with zero attached hydrogens (tertiary/aromatic N) is 5. The van der Waals surface area contributed by atoms with Gasteiger partial charge in [0.15, 0.2) is 0 Å². The second kappa shape index (κ2) is 14.1. The fourth-order valence-corrected chi connectivity index (χ4v) is 4.61. The third-order valence-corrected chi connectivity index (χ3v) is 6.99. The van der Waals surface area contributed by atoms with E-state index in [0.29, 0.717) is 10.9 Å². The van der Waals surface area contributed by atoms with Crippen molar-refractivity contribution < 1.29 is 27.5 Å². The number of carbonyl (C=O) groups excluding carboxylic acids is 2. The van der Waals surface area contributed by atoms with Gasteiger partial charge in [0.1, 0.15) is 15.7 Å². The van der Waals surface area contributed by atoms with Crippen molar-refractivity contribution in [3.8, 4) is 5.88 Å². The highest BCUT2D eigenvalue weighted by atomic mass is 35.5. The highest BCUT2D eigenvalue weighted by Crippen LogP contribution is 2.19. The van der Waals surface area contributed by atoms with Crippen LogP contribution in [0.25, 0.3) is 0 Å². The lowest BCUT2D eigenvalue weighted by molar-refractivity contribution is 0.0521. The molecule has 15 nitrogen and oxygen atoms in total. The third-order valence-electron chi connectivity index (χ3n) is 4.76. The normalized spacial score (nSPS) is 11.1. The number of thioether (sulfide) groups is 1. The average Bonchev–Trinajstić information content (AvgIpc) is 2.89. The van der Waals surface area contributed by atoms with Gasteiger partial charge in [-0.1, -0.05) is 56.3 Å². The van der Waals surface area contributed by atoms with Crippen LogP contribution in [0, 0.1) is 0 Å². The standard InChI is InChI=1S/C15H15ClN4O6S.C8H14N4OS/c1-3-26-13(21)9-6-4-5-7-10(9)27(23,24)20-15(22)19-14-17-11(16)8-12(18-14)25-2;1-8(2,3)5-6(13)12(9)7(14-4)11-10-5/h4-8H,3H2,1-2H3,(H2,17,18,19,20,22);9H2,1-4H3. The molecule has 0 unspecified atom stereocenters. The molecule has 0 aliphatic carbocycles. The molecule has 18 heteroatoms. The number of hydrogen-bond acceptors (Lipinski definition) is 13. The number of halogens is 1. The maximum Gasteiger partial charge on any atom is 0.339 e. The van der Waals surface area contributed by atoms with Crippen molar-refractivity contribution in [3.05, 3.63) is 57.1 Å². The van der Waals surface area contributed by atoms with Crippen molar-refractivity contribution in [2.24, 2.45) is 0 Å². The van der Waals surface area contributed by atoms with E-state index in [1.807, 2.05) is 20.8 Å². The first-order valence-corrected chi connectivity index (χ1v) is 14.7. The number of esters is 1. The number of aromatic nitrogens is 5. The van der Waals surface area contributed by atoms with Gasteiger partial charge in [0.2, 0.25) is 17.0 Å². The molecule has 2 amide bonds. The summed E-state index contributed by atoms with van der Waals surface area (Å²) in [6.07, 6.45) is 1.80. The fraction of sp³-hybridized carbons (Fsp3) is 0.348. The summed E-state index contributed by atoms with van der Waals surface area (Å²) < 4.78 is 37.5. The lowest BCUT2D eigenvalue weighted by atomic mass is 9.93. The Morgan fingerprint density at radius 1 is 1.17 bits per heavy atom. The van der Waals surface area contributed by atoms with Gasteiger partial charge in [-0.25, -0.2) is 27.7 Å². The molecule has 1 aromatic carbocycles. The molecule has 2 heterocycles. The van der Waals surface area contributed by atoms with Gasteiger partial charge >= 0.3 is 12.0 Å². The molecule has 4 N–H and O–H groups in total. The minimum atomic E-state index is -4.38. The molecule has 3 rings (SSSR count). The van der Waals surface area contributed by atoms with Crippen molar-refractivity contribution in [2.45, 2.75) is 43.2 Å². The fourth-order valence-electron chi connectivity index (χ4n) is 2.93. The van der Waals surface area contributed by atoms with Gasteiger partial charge in [0.25, 0.3) is 15.6 Å². The van der Waals surface area contributed by atoms with Gasteiger partial charge in [0.05, 0.1) is 19.3 Å². The molecule has 0 bridgehead atoms. The van der Waals surface area contributed by atoms with Crippen LogP contribution in [0.15, 0.2) is 45.2 Å². The Hall–Kier alpha value is -3.96. The molecule has 41 heavy (non-hydrogen) atoms. The first kappa shape index (κ1) is 33.2. The maximum absolute atomic E-state index is 12.5. The van der Waals surface area contributed by atoms with E-state index in [1.54, 1.807) is 17.9 Å². The zero-order valence-corrected chi connectivity index (χ0v) is 25.3. The van der Waals surface area contributed by atoms with Crippen molar-refractivity contribution >= 4 is 51.3 Å². The number of urea groups is 1. The van der Waals surface area contributed by atoms with Crippen LogP contribution in [0.1, 0.15) is 43.7 Å². The average molecular weight is 629 g/mol. The molecule has 0 aliphatic heterocycles. The van der Waals surface area contributed by atoms with Crippen molar-refractivity contribution in [2.75, 3.05) is 31.1 Å². The van der Waals surface area contributed by atoms with Crippen molar-refractivity contribution in [1.82, 2.24) is 29.6 Å². The van der Waals surface area contributed by atoms with E-state index in [-0.39, 0.29) is 40.1 Å². The monoisotopic (exact) mass is 628 g/mol. The summed E-state index contributed by atoms with van der Waals surface area (Å²) in [4.78, 5) is 42.8. The van der Waals surface area contributed by atoms with Crippen LogP contribution in [0.3, 0.4) is 0 Å². The number of nitrogens with one attached hydrogen (secondary N) is 2. The quantitative estimate of drug-likeness (QED) is 0.148. The molecule has 0 spiro atoms. The number of methoxy groups -OCH3 is 1. The van der Waals surface area contributed by atoms with Gasteiger partial charge in [0, 0.05) is 11.5 Å². The number of rotatable bonds is 7. The van der Waals surface area contributed by atoms with Crippen molar-refractivity contribution in [3.63, 3.8) is 0 Å². The summed E-state index contributed by atoms with van der Waals surface area (Å²) in [7, 11) is -3.05. The molecule has 0 saturated carbocycles. The van der Waals surface area contributed by atoms with E-state index in [0.717, 1.165) is 4.68 Å². The predicted octanol–water partition coefficient (Wildman–Crippen LogP) is 2.20. The van der Waals surface area contributed by atoms with E-state index in [4.69, 9.17) is 26.9 Å². The van der Waals surface area contributed by atoms with Crippen LogP contribution in [0.5, 0.6) is 5.88 Å². The molecule has 0 fully saturated rings. The summed E-state index contributed by atoms with van der Waals surface area (Å²) in [6.45, 7) is 7.35. The molecule has 3 aromatic rings. The maximum atomic E-state index is 12.5. The second-order valence-corrected chi connectivity index (χ2v) is 11.6. The number of amides is 2. The second-order valence-electron chi connectivity index (χ2n) is 8.79. The van der Waals surface area contributed by atoms with Crippen molar-refractivity contribution in [1.29, 1.82) is 0 Å². The van der Waals surface area contributed by atoms with Crippen LogP contribution in [-0.4, -0.2) is 65.2 Å². The first-order valence-electron chi connectivity index (χ1n) is 11.6. The van der Waals surface area contributed by atoms with Gasteiger partial charge < -0.3 is 15.3 Å². The van der Waals surface area contributed by atoms with E-state index >= 15 is 0 Å². The molecule has 2 aromatic heterocycles. The summed E-state index contributed by atoms with van der Waals surface area (Å²) in [5.41, 5.74) is -0.433. The minimum Gasteiger partial charge on any atom is -0.481 e. The Kier molecular flexibility index (Phi) is 11.4. The van der Waals surface area contributed by atoms with Crippen LogP contribution in [0.4, 0.5) is 10.7 Å². The Bertz CT molecular complexity index is 1580. The Balaban J connectivity index is 0.000000353. The molecular weight excluding hydrogens is 600 g/mol. The number of anilines is 1. The van der Waals surface area contributed by atoms with Gasteiger partial charge in [-0.05, 0) is 25.3 Å². The van der Waals surface area contributed by atoms with Crippen LogP contribution in [0.2, 0.25) is 5.15 Å². The van der Waals surface area contributed by atoms with Crippen LogP contribution >= 0.6 is 23.4 Å². The largest absolute Gasteiger partial charge is 0.481 e. The molecule has 0 aliphatic rings. The van der Waals surface area contributed by atoms with E-state index in [1.165, 1.54) is 49.2 Å². The lowest BCUT2D eigenvalue weighted by Crippen LogP contribution is -2.37. The summed E-state index contributed by atoms with van der Waals surface area (Å²) in [5.74, 6) is 4.54. The summed E-state index contributed by atoms with van der Waals surface area (Å²) in [6, 6.07) is 5.46. The summed E-state index contributed by atoms with van der Waals surface area (Å²) in [5, 5.41) is 10.3. The minimum absolute atomic E-state index is 0.0207. The number of nitrogen functional groups attached to an aromatic ring is 1. The topological polar surface area (TPSA) is 210 Å². The Morgan fingerprint density at radius 2 is 1.83 bits per heavy atom. The zero-order valence-electron chi connectivity index (χ0n) is 23.0. The van der Waals surface area contributed by atoms with E-state index < -0.39 is 26.9 Å². The molecule has 0 atom stereocenters. The van der Waals surface area contributed by atoms with Gasteiger partial charge in [-0.2, -0.15) is 9.66 Å². The SMILES string of the molecule is CCOC(=O)c1ccccc1S(=O)(=O)NC(=O)Nc1nc(Cl)cc(OC)n1.CSc1nnc(C(C)(C)C)c(=O)n1N. The number of carbonyl (C=O) groups is 2. The summed E-state index contributed by atoms with van der Waals surface area (Å²) >= 11 is 7.05. The zero-order chi connectivity index (χ0) is 31.0. The lowest BCUT2D eigenvalue weighted by Gasteiger charge is -2.16. The van der Waals surface area contributed by atoms with Gasteiger partial charge in [-0.15, -0.1) is 10.2 Å². The Labute approximate surface area is 245 Å². The molecular formula is C23H29ClN8O7S2. The molecule has 222 valence electrons.